The van der Waals surface area contributed by atoms with E-state index < -0.39 is 26.0 Å². The van der Waals surface area contributed by atoms with Gasteiger partial charge in [0.15, 0.2) is 0 Å². The first-order chi connectivity index (χ1) is 10.6. The standard InChI is InChI=1S/C14H20N2O5S2/c1-4-11(3)15-23(20,21)13-6-5-12(9-10(13)2)16-14(17)7-8-22(16,18)19/h5-6,9,11,15H,4,7-8H2,1-3H3. The Labute approximate surface area is 136 Å². The number of amides is 1. The molecule has 1 aromatic carbocycles. The van der Waals surface area contributed by atoms with Gasteiger partial charge in [-0.05, 0) is 44.0 Å². The Morgan fingerprint density at radius 3 is 2.48 bits per heavy atom. The molecule has 1 atom stereocenters. The highest BCUT2D eigenvalue weighted by atomic mass is 32.2. The van der Waals surface area contributed by atoms with Crippen LogP contribution in [-0.4, -0.2) is 34.5 Å². The number of aryl methyl sites for hydroxylation is 1. The molecule has 0 spiro atoms. The van der Waals surface area contributed by atoms with Crippen LogP contribution in [0.25, 0.3) is 0 Å². The van der Waals surface area contributed by atoms with Crippen LogP contribution in [0.15, 0.2) is 23.1 Å². The molecule has 1 amide bonds. The summed E-state index contributed by atoms with van der Waals surface area (Å²) in [5, 5.41) is 0. The molecule has 1 aromatic rings. The van der Waals surface area contributed by atoms with E-state index in [2.05, 4.69) is 4.72 Å². The molecule has 2 rings (SSSR count). The molecule has 0 saturated carbocycles. The van der Waals surface area contributed by atoms with E-state index in [9.17, 15) is 21.6 Å². The van der Waals surface area contributed by atoms with Crippen LogP contribution >= 0.6 is 0 Å². The lowest BCUT2D eigenvalue weighted by Crippen LogP contribution is -2.33. The Kier molecular flexibility index (Phi) is 4.84. The van der Waals surface area contributed by atoms with Crippen molar-refractivity contribution in [3.05, 3.63) is 23.8 Å². The summed E-state index contributed by atoms with van der Waals surface area (Å²) in [6.07, 6.45) is 0.591. The average Bonchev–Trinajstić information content (AvgIpc) is 2.71. The van der Waals surface area contributed by atoms with Crippen molar-refractivity contribution in [2.24, 2.45) is 0 Å². The minimum atomic E-state index is -3.69. The highest BCUT2D eigenvalue weighted by Crippen LogP contribution is 2.28. The quantitative estimate of drug-likeness (QED) is 0.848. The second-order valence-corrected chi connectivity index (χ2v) is 9.22. The smallest absolute Gasteiger partial charge is 0.242 e. The second-order valence-electron chi connectivity index (χ2n) is 5.60. The van der Waals surface area contributed by atoms with E-state index in [1.54, 1.807) is 13.8 Å². The van der Waals surface area contributed by atoms with Crippen LogP contribution in [0.4, 0.5) is 5.69 Å². The van der Waals surface area contributed by atoms with Crippen molar-refractivity contribution >= 4 is 31.6 Å². The van der Waals surface area contributed by atoms with E-state index in [1.165, 1.54) is 18.2 Å². The molecule has 1 saturated heterocycles. The van der Waals surface area contributed by atoms with Gasteiger partial charge in [0.25, 0.3) is 0 Å². The molecule has 0 aliphatic carbocycles. The number of anilines is 1. The van der Waals surface area contributed by atoms with Crippen molar-refractivity contribution in [2.75, 3.05) is 10.1 Å². The monoisotopic (exact) mass is 360 g/mol. The van der Waals surface area contributed by atoms with Gasteiger partial charge >= 0.3 is 0 Å². The summed E-state index contributed by atoms with van der Waals surface area (Å²) in [7, 11) is -7.35. The van der Waals surface area contributed by atoms with E-state index in [0.29, 0.717) is 12.0 Å². The largest absolute Gasteiger partial charge is 0.273 e. The zero-order valence-electron chi connectivity index (χ0n) is 13.2. The first-order valence-electron chi connectivity index (χ1n) is 7.27. The van der Waals surface area contributed by atoms with Gasteiger partial charge in [0.2, 0.25) is 26.0 Å². The Morgan fingerprint density at radius 1 is 1.35 bits per heavy atom. The minimum absolute atomic E-state index is 0.0585. The van der Waals surface area contributed by atoms with Gasteiger partial charge in [0, 0.05) is 12.5 Å². The van der Waals surface area contributed by atoms with Crippen LogP contribution in [0, 0.1) is 6.92 Å². The Hall–Kier alpha value is -1.45. The van der Waals surface area contributed by atoms with Gasteiger partial charge in [-0.1, -0.05) is 6.92 Å². The Bertz CT molecular complexity index is 831. The molecule has 1 N–H and O–H groups in total. The summed E-state index contributed by atoms with van der Waals surface area (Å²) in [6, 6.07) is 3.88. The number of nitrogens with one attached hydrogen (secondary N) is 1. The highest BCUT2D eigenvalue weighted by Gasteiger charge is 2.36. The molecule has 23 heavy (non-hydrogen) atoms. The van der Waals surface area contributed by atoms with Crippen LogP contribution in [0.5, 0.6) is 0 Å². The highest BCUT2D eigenvalue weighted by molar-refractivity contribution is 7.94. The fourth-order valence-electron chi connectivity index (χ4n) is 2.34. The van der Waals surface area contributed by atoms with Crippen molar-refractivity contribution in [3.8, 4) is 0 Å². The van der Waals surface area contributed by atoms with Crippen molar-refractivity contribution in [2.45, 2.75) is 44.6 Å². The molecule has 1 heterocycles. The zero-order chi connectivity index (χ0) is 17.4. The van der Waals surface area contributed by atoms with Crippen molar-refractivity contribution in [1.29, 1.82) is 0 Å². The number of carbonyl (C=O) groups is 1. The number of nitrogens with zero attached hydrogens (tertiary/aromatic N) is 1. The van der Waals surface area contributed by atoms with Gasteiger partial charge in [-0.3, -0.25) is 4.79 Å². The fraction of sp³-hybridized carbons (Fsp3) is 0.500. The maximum atomic E-state index is 12.3. The molecule has 1 unspecified atom stereocenters. The van der Waals surface area contributed by atoms with Gasteiger partial charge in [-0.25, -0.2) is 25.9 Å². The van der Waals surface area contributed by atoms with Crippen molar-refractivity contribution in [3.63, 3.8) is 0 Å². The Balaban J connectivity index is 2.41. The number of sulfonamides is 2. The first-order valence-corrected chi connectivity index (χ1v) is 10.4. The van der Waals surface area contributed by atoms with Crippen LogP contribution in [0.3, 0.4) is 0 Å². The molecule has 0 radical (unpaired) electrons. The molecule has 0 bridgehead atoms. The van der Waals surface area contributed by atoms with Gasteiger partial charge in [0.05, 0.1) is 16.3 Å². The summed E-state index contributed by atoms with van der Waals surface area (Å²) < 4.78 is 51.8. The van der Waals surface area contributed by atoms with Gasteiger partial charge in [-0.15, -0.1) is 0 Å². The molecule has 7 nitrogen and oxygen atoms in total. The van der Waals surface area contributed by atoms with Crippen molar-refractivity contribution in [1.82, 2.24) is 4.72 Å². The number of rotatable bonds is 5. The molecule has 1 aliphatic heterocycles. The summed E-state index contributed by atoms with van der Waals surface area (Å²) in [5.74, 6) is -0.724. The maximum absolute atomic E-state index is 12.3. The molecule has 1 aliphatic rings. The summed E-state index contributed by atoms with van der Waals surface area (Å²) in [5.41, 5.74) is 0.556. The van der Waals surface area contributed by atoms with Gasteiger partial charge < -0.3 is 0 Å². The van der Waals surface area contributed by atoms with E-state index in [-0.39, 0.29) is 28.8 Å². The SMILES string of the molecule is CCC(C)NS(=O)(=O)c1ccc(N2C(=O)CCS2(=O)=O)cc1C. The minimum Gasteiger partial charge on any atom is -0.273 e. The number of benzene rings is 1. The third-order valence-corrected chi connectivity index (χ3v) is 7.17. The second kappa shape index (κ2) is 6.21. The van der Waals surface area contributed by atoms with Gasteiger partial charge in [-0.2, -0.15) is 0 Å². The number of hydrogen-bond donors (Lipinski definition) is 1. The first kappa shape index (κ1) is 17.9. The fourth-order valence-corrected chi connectivity index (χ4v) is 5.35. The lowest BCUT2D eigenvalue weighted by Gasteiger charge is -2.18. The average molecular weight is 360 g/mol. The van der Waals surface area contributed by atoms with Crippen LogP contribution in [0.1, 0.15) is 32.3 Å². The van der Waals surface area contributed by atoms with Crippen LogP contribution in [-0.2, 0) is 24.8 Å². The predicted octanol–water partition coefficient (Wildman–Crippen LogP) is 1.14. The van der Waals surface area contributed by atoms with E-state index in [4.69, 9.17) is 0 Å². The van der Waals surface area contributed by atoms with Crippen LogP contribution < -0.4 is 9.03 Å². The lowest BCUT2D eigenvalue weighted by molar-refractivity contribution is -0.116. The van der Waals surface area contributed by atoms with Crippen LogP contribution in [0.2, 0.25) is 0 Å². The maximum Gasteiger partial charge on any atom is 0.242 e. The van der Waals surface area contributed by atoms with Gasteiger partial charge in [0.1, 0.15) is 0 Å². The van der Waals surface area contributed by atoms with E-state index in [1.807, 2.05) is 6.92 Å². The zero-order valence-corrected chi connectivity index (χ0v) is 14.9. The third kappa shape index (κ3) is 3.56. The summed E-state index contributed by atoms with van der Waals surface area (Å²) >= 11 is 0. The van der Waals surface area contributed by atoms with E-state index >= 15 is 0 Å². The van der Waals surface area contributed by atoms with Crippen molar-refractivity contribution < 1.29 is 21.6 Å². The third-order valence-electron chi connectivity index (χ3n) is 3.73. The number of carbonyl (C=O) groups excluding carboxylic acids is 1. The lowest BCUT2D eigenvalue weighted by atomic mass is 10.2. The van der Waals surface area contributed by atoms with E-state index in [0.717, 1.165) is 4.31 Å². The topological polar surface area (TPSA) is 101 Å². The summed E-state index contributed by atoms with van der Waals surface area (Å²) in [4.78, 5) is 11.9. The summed E-state index contributed by atoms with van der Waals surface area (Å²) in [6.45, 7) is 5.20. The molecule has 128 valence electrons. The molecule has 1 fully saturated rings. The molecular weight excluding hydrogens is 340 g/mol. The molecule has 0 aromatic heterocycles. The molecular formula is C14H20N2O5S2. The molecule has 9 heteroatoms. The predicted molar refractivity (Wildman–Crippen MR) is 87.1 cm³/mol. The number of hydrogen-bond acceptors (Lipinski definition) is 5. The normalized spacial score (nSPS) is 19.1. The Morgan fingerprint density at radius 2 is 2.00 bits per heavy atom.